The van der Waals surface area contributed by atoms with Crippen molar-refractivity contribution >= 4 is 50.0 Å². The number of pyridine rings is 2. The van der Waals surface area contributed by atoms with Crippen LogP contribution in [0.25, 0.3) is 10.8 Å². The number of halogens is 1. The molecule has 0 unspecified atom stereocenters. The van der Waals surface area contributed by atoms with Gasteiger partial charge in [-0.3, -0.25) is 9.78 Å². The van der Waals surface area contributed by atoms with Crippen LogP contribution in [0.4, 0.5) is 11.5 Å². The summed E-state index contributed by atoms with van der Waals surface area (Å²) in [5.74, 6) is 0.475. The Morgan fingerprint density at radius 3 is 2.56 bits per heavy atom. The second-order valence-corrected chi connectivity index (χ2v) is 11.2. The average Bonchev–Trinajstić information content (AvgIpc) is 3.01. The minimum Gasteiger partial charge on any atom is -0.462 e. The largest absolute Gasteiger partial charge is 0.462 e. The molecule has 1 saturated carbocycles. The maximum absolute atomic E-state index is 13.3. The van der Waals surface area contributed by atoms with E-state index in [0.717, 1.165) is 65.6 Å². The molecule has 5 rings (SSSR count). The zero-order valence-electron chi connectivity index (χ0n) is 23.2. The topological polar surface area (TPSA) is 112 Å². The van der Waals surface area contributed by atoms with Crippen molar-refractivity contribution in [2.24, 2.45) is 5.41 Å². The van der Waals surface area contributed by atoms with Gasteiger partial charge in [0.1, 0.15) is 18.5 Å². The second kappa shape index (κ2) is 13.5. The van der Waals surface area contributed by atoms with E-state index < -0.39 is 11.5 Å². The van der Waals surface area contributed by atoms with Crippen molar-refractivity contribution < 1.29 is 23.8 Å². The molecule has 1 atom stereocenters. The molecule has 2 aliphatic rings. The third-order valence-electron chi connectivity index (χ3n) is 7.77. The van der Waals surface area contributed by atoms with Crippen molar-refractivity contribution in [3.63, 3.8) is 0 Å². The predicted octanol–water partition coefficient (Wildman–Crippen LogP) is 5.22. The number of rotatable bonds is 13. The lowest BCUT2D eigenvalue weighted by molar-refractivity contribution is -0.148. The average molecular weight is 624 g/mol. The van der Waals surface area contributed by atoms with Crippen LogP contribution in [-0.4, -0.2) is 61.3 Å². The Kier molecular flexibility index (Phi) is 9.64. The number of allylic oxidation sites excluding steroid dienone is 2. The summed E-state index contributed by atoms with van der Waals surface area (Å²) < 4.78 is 16.6. The van der Waals surface area contributed by atoms with Gasteiger partial charge in [0, 0.05) is 48.9 Å². The van der Waals surface area contributed by atoms with E-state index in [1.54, 1.807) is 25.7 Å². The number of fused-ring (bicyclic) bond motifs is 1. The summed E-state index contributed by atoms with van der Waals surface area (Å²) in [4.78, 5) is 34.9. The smallest absolute Gasteiger partial charge is 0.328 e. The SMILES string of the molecule is COCCOCCOC(=O)[C@H](Cc1ccc(Nc2nccc3ccncc23)cc1)NC1=C(Br)C(=O)C12CCCCC2. The number of hydrogen-bond donors (Lipinski definition) is 2. The van der Waals surface area contributed by atoms with Crippen LogP contribution in [0.1, 0.15) is 37.7 Å². The fourth-order valence-electron chi connectivity index (χ4n) is 5.54. The number of benzene rings is 1. The fraction of sp³-hybridized carbons (Fsp3) is 0.419. The lowest BCUT2D eigenvalue weighted by atomic mass is 9.62. The summed E-state index contributed by atoms with van der Waals surface area (Å²) in [7, 11) is 1.61. The van der Waals surface area contributed by atoms with Gasteiger partial charge in [-0.05, 0) is 64.0 Å². The number of anilines is 2. The summed E-state index contributed by atoms with van der Waals surface area (Å²) in [6.07, 6.45) is 10.4. The number of esters is 1. The minimum absolute atomic E-state index is 0.131. The number of carbonyl (C=O) groups excluding carboxylic acids is 2. The van der Waals surface area contributed by atoms with E-state index in [0.29, 0.717) is 24.1 Å². The van der Waals surface area contributed by atoms with Crippen molar-refractivity contribution in [2.75, 3.05) is 38.9 Å². The number of hydrogen-bond acceptors (Lipinski definition) is 9. The molecule has 1 aromatic carbocycles. The monoisotopic (exact) mass is 622 g/mol. The Morgan fingerprint density at radius 2 is 1.78 bits per heavy atom. The third-order valence-corrected chi connectivity index (χ3v) is 8.53. The zero-order valence-corrected chi connectivity index (χ0v) is 24.7. The van der Waals surface area contributed by atoms with Crippen LogP contribution in [-0.2, 0) is 30.2 Å². The first kappa shape index (κ1) is 29.2. The standard InChI is InChI=1S/C31H35BrN4O5/c1-39-15-16-40-17-18-41-30(38)25(36-27-26(32)28(37)31(27)11-3-2-4-12-31)19-21-5-7-23(8-6-21)35-29-24-20-33-13-9-22(24)10-14-34-29/h5-10,13-14,20,25,36H,2-4,11-12,15-19H2,1H3,(H,34,35)/t25-/m0/s1. The van der Waals surface area contributed by atoms with E-state index in [1.165, 1.54) is 0 Å². The Hall–Kier alpha value is -3.34. The molecule has 0 saturated heterocycles. The van der Waals surface area contributed by atoms with E-state index in [9.17, 15) is 9.59 Å². The van der Waals surface area contributed by atoms with Crippen LogP contribution in [0.3, 0.4) is 0 Å². The number of nitrogens with one attached hydrogen (secondary N) is 2. The van der Waals surface area contributed by atoms with Crippen molar-refractivity contribution in [3.05, 3.63) is 70.7 Å². The summed E-state index contributed by atoms with van der Waals surface area (Å²) in [5.41, 5.74) is 2.13. The zero-order chi connectivity index (χ0) is 28.7. The summed E-state index contributed by atoms with van der Waals surface area (Å²) in [6.45, 7) is 1.34. The minimum atomic E-state index is -0.659. The highest BCUT2D eigenvalue weighted by Crippen LogP contribution is 2.53. The predicted molar refractivity (Wildman–Crippen MR) is 160 cm³/mol. The molecule has 3 aromatic rings. The van der Waals surface area contributed by atoms with Gasteiger partial charge in [-0.2, -0.15) is 0 Å². The summed E-state index contributed by atoms with van der Waals surface area (Å²) in [5, 5.41) is 8.77. The van der Waals surface area contributed by atoms with Crippen LogP contribution in [0, 0.1) is 5.41 Å². The highest BCUT2D eigenvalue weighted by molar-refractivity contribution is 9.12. The number of carbonyl (C=O) groups is 2. The number of nitrogens with zero attached hydrogens (tertiary/aromatic N) is 2. The first-order valence-electron chi connectivity index (χ1n) is 14.0. The third kappa shape index (κ3) is 6.60. The first-order chi connectivity index (χ1) is 20.0. The van der Waals surface area contributed by atoms with Gasteiger partial charge in [0.15, 0.2) is 5.78 Å². The fourth-order valence-corrected chi connectivity index (χ4v) is 6.41. The lowest BCUT2D eigenvalue weighted by Gasteiger charge is -2.46. The van der Waals surface area contributed by atoms with Gasteiger partial charge in [0.25, 0.3) is 0 Å². The molecule has 0 radical (unpaired) electrons. The van der Waals surface area contributed by atoms with Crippen molar-refractivity contribution in [1.82, 2.24) is 15.3 Å². The van der Waals surface area contributed by atoms with Crippen LogP contribution in [0.2, 0.25) is 0 Å². The van der Waals surface area contributed by atoms with E-state index in [4.69, 9.17) is 14.2 Å². The van der Waals surface area contributed by atoms with Crippen LogP contribution >= 0.6 is 15.9 Å². The highest BCUT2D eigenvalue weighted by Gasteiger charge is 2.53. The normalized spacial score (nSPS) is 16.9. The van der Waals surface area contributed by atoms with Gasteiger partial charge in [0.05, 0.1) is 29.7 Å². The molecule has 0 bridgehead atoms. The molecule has 1 fully saturated rings. The quantitative estimate of drug-likeness (QED) is 0.196. The molecule has 41 heavy (non-hydrogen) atoms. The maximum atomic E-state index is 13.3. The molecule has 2 N–H and O–H groups in total. The van der Waals surface area contributed by atoms with E-state index >= 15 is 0 Å². The number of Topliss-reactive ketones (excluding diaryl/α,β-unsaturated/α-hetero) is 1. The van der Waals surface area contributed by atoms with E-state index in [1.807, 2.05) is 36.4 Å². The first-order valence-corrected chi connectivity index (χ1v) is 14.8. The van der Waals surface area contributed by atoms with Gasteiger partial charge in [-0.25, -0.2) is 9.78 Å². The van der Waals surface area contributed by atoms with Crippen LogP contribution < -0.4 is 10.6 Å². The van der Waals surface area contributed by atoms with E-state index in [-0.39, 0.29) is 25.0 Å². The number of ketones is 1. The van der Waals surface area contributed by atoms with Gasteiger partial charge < -0.3 is 24.8 Å². The Labute approximate surface area is 248 Å². The molecule has 2 aliphatic carbocycles. The Balaban J connectivity index is 1.29. The molecular formula is C31H35BrN4O5. The molecule has 10 heteroatoms. The molecule has 216 valence electrons. The second-order valence-electron chi connectivity index (χ2n) is 10.4. The maximum Gasteiger partial charge on any atom is 0.328 e. The number of aromatic nitrogens is 2. The van der Waals surface area contributed by atoms with Gasteiger partial charge in [0.2, 0.25) is 0 Å². The van der Waals surface area contributed by atoms with Crippen molar-refractivity contribution in [3.8, 4) is 0 Å². The van der Waals surface area contributed by atoms with Gasteiger partial charge in [-0.15, -0.1) is 0 Å². The molecule has 0 amide bonds. The van der Waals surface area contributed by atoms with Crippen LogP contribution in [0.15, 0.2) is 65.2 Å². The molecule has 0 aliphatic heterocycles. The van der Waals surface area contributed by atoms with Gasteiger partial charge in [-0.1, -0.05) is 31.4 Å². The molecule has 2 aromatic heterocycles. The summed E-state index contributed by atoms with van der Waals surface area (Å²) >= 11 is 3.48. The van der Waals surface area contributed by atoms with Crippen molar-refractivity contribution in [2.45, 2.75) is 44.6 Å². The molecular weight excluding hydrogens is 588 g/mol. The lowest BCUT2D eigenvalue weighted by Crippen LogP contribution is -2.53. The van der Waals surface area contributed by atoms with E-state index in [2.05, 4.69) is 36.5 Å². The number of methoxy groups -OCH3 is 1. The van der Waals surface area contributed by atoms with Crippen LogP contribution in [0.5, 0.6) is 0 Å². The molecule has 9 nitrogen and oxygen atoms in total. The Morgan fingerprint density at radius 1 is 1.02 bits per heavy atom. The highest BCUT2D eigenvalue weighted by atomic mass is 79.9. The Bertz CT molecular complexity index is 1400. The molecule has 1 spiro atoms. The summed E-state index contributed by atoms with van der Waals surface area (Å²) in [6, 6.07) is 11.1. The number of ether oxygens (including phenoxy) is 3. The van der Waals surface area contributed by atoms with Gasteiger partial charge >= 0.3 is 5.97 Å². The van der Waals surface area contributed by atoms with Crippen molar-refractivity contribution in [1.29, 1.82) is 0 Å². The molecule has 2 heterocycles.